The first-order valence-corrected chi connectivity index (χ1v) is 11.0. The van der Waals surface area contributed by atoms with Gasteiger partial charge in [-0.15, -0.1) is 0 Å². The van der Waals surface area contributed by atoms with Crippen molar-refractivity contribution in [3.05, 3.63) is 72.1 Å². The van der Waals surface area contributed by atoms with E-state index in [1.54, 1.807) is 48.2 Å². The van der Waals surface area contributed by atoms with E-state index in [0.29, 0.717) is 42.3 Å². The first-order valence-electron chi connectivity index (χ1n) is 11.0. The number of nitrogens with one attached hydrogen (secondary N) is 1. The van der Waals surface area contributed by atoms with Gasteiger partial charge in [0.25, 0.3) is 0 Å². The fourth-order valence-electron chi connectivity index (χ4n) is 4.07. The van der Waals surface area contributed by atoms with Gasteiger partial charge in [0.05, 0.1) is 32.2 Å². The summed E-state index contributed by atoms with van der Waals surface area (Å²) in [5.74, 6) is 0.212. The second kappa shape index (κ2) is 10.4. The molecule has 2 aromatic carbocycles. The summed E-state index contributed by atoms with van der Waals surface area (Å²) in [4.78, 5) is 30.7. The Hall–Kier alpha value is -3.88. The summed E-state index contributed by atoms with van der Waals surface area (Å²) in [6.45, 7) is 1.07. The zero-order chi connectivity index (χ0) is 24.1. The van der Waals surface area contributed by atoms with E-state index < -0.39 is 11.7 Å². The van der Waals surface area contributed by atoms with Crippen LogP contribution in [0.3, 0.4) is 0 Å². The fourth-order valence-corrected chi connectivity index (χ4v) is 4.07. The highest BCUT2D eigenvalue weighted by atomic mass is 19.1. The second-order valence-electron chi connectivity index (χ2n) is 8.15. The van der Waals surface area contributed by atoms with Crippen LogP contribution in [-0.4, -0.2) is 53.6 Å². The molecule has 1 aliphatic heterocycles. The van der Waals surface area contributed by atoms with E-state index >= 15 is 0 Å². The zero-order valence-electron chi connectivity index (χ0n) is 19.2. The SMILES string of the molecule is COc1ccc(CCN2CC(C(=O)NCc3ccc(-n4ccnc4)c(F)c3)CC2=O)cc1OC. The van der Waals surface area contributed by atoms with E-state index in [0.717, 1.165) is 5.56 Å². The topological polar surface area (TPSA) is 85.7 Å². The van der Waals surface area contributed by atoms with Crippen LogP contribution < -0.4 is 14.8 Å². The average molecular weight is 467 g/mol. The molecule has 0 radical (unpaired) electrons. The fraction of sp³-hybridized carbons (Fsp3) is 0.320. The second-order valence-corrected chi connectivity index (χ2v) is 8.15. The lowest BCUT2D eigenvalue weighted by atomic mass is 10.1. The number of nitrogens with zero attached hydrogens (tertiary/aromatic N) is 3. The number of ether oxygens (including phenoxy) is 2. The maximum Gasteiger partial charge on any atom is 0.225 e. The molecule has 2 heterocycles. The first kappa shape index (κ1) is 23.3. The minimum absolute atomic E-state index is 0.0450. The summed E-state index contributed by atoms with van der Waals surface area (Å²) in [6.07, 6.45) is 5.57. The molecule has 0 aliphatic carbocycles. The number of likely N-dealkylation sites (tertiary alicyclic amines) is 1. The Balaban J connectivity index is 1.29. The van der Waals surface area contributed by atoms with Gasteiger partial charge in [-0.05, 0) is 41.8 Å². The standard InChI is InChI=1S/C25H27FN4O4/c1-33-22-6-4-17(12-23(22)34-2)7-9-29-15-19(13-24(29)31)25(32)28-14-18-3-5-21(20(26)11-18)30-10-8-27-16-30/h3-6,8,10-12,16,19H,7,9,13-15H2,1-2H3,(H,28,32). The zero-order valence-corrected chi connectivity index (χ0v) is 19.2. The predicted molar refractivity (Wildman–Crippen MR) is 123 cm³/mol. The number of amides is 2. The maximum absolute atomic E-state index is 14.4. The van der Waals surface area contributed by atoms with Gasteiger partial charge in [0.1, 0.15) is 5.82 Å². The summed E-state index contributed by atoms with van der Waals surface area (Å²) < 4.78 is 26.6. The number of carbonyl (C=O) groups is 2. The van der Waals surface area contributed by atoms with Crippen LogP contribution >= 0.6 is 0 Å². The number of imidazole rings is 1. The molecule has 4 rings (SSSR count). The van der Waals surface area contributed by atoms with Gasteiger partial charge >= 0.3 is 0 Å². The molecule has 1 saturated heterocycles. The number of hydrogen-bond donors (Lipinski definition) is 1. The Morgan fingerprint density at radius 1 is 1.15 bits per heavy atom. The molecule has 1 N–H and O–H groups in total. The molecule has 34 heavy (non-hydrogen) atoms. The van der Waals surface area contributed by atoms with Gasteiger partial charge in [0.15, 0.2) is 11.5 Å². The minimum atomic E-state index is -0.423. The highest BCUT2D eigenvalue weighted by Gasteiger charge is 2.33. The lowest BCUT2D eigenvalue weighted by molar-refractivity contribution is -0.129. The van der Waals surface area contributed by atoms with Gasteiger partial charge in [-0.3, -0.25) is 9.59 Å². The van der Waals surface area contributed by atoms with Gasteiger partial charge in [-0.2, -0.15) is 0 Å². The molecule has 1 aliphatic rings. The molecule has 9 heteroatoms. The van der Waals surface area contributed by atoms with Crippen LogP contribution in [0.2, 0.25) is 0 Å². The quantitative estimate of drug-likeness (QED) is 0.524. The Kier molecular flexibility index (Phi) is 7.10. The average Bonchev–Trinajstić information content (AvgIpc) is 3.51. The third-order valence-corrected chi connectivity index (χ3v) is 5.97. The van der Waals surface area contributed by atoms with Crippen LogP contribution in [0.4, 0.5) is 4.39 Å². The molecule has 1 fully saturated rings. The van der Waals surface area contributed by atoms with Crippen molar-refractivity contribution < 1.29 is 23.5 Å². The molecule has 0 saturated carbocycles. The number of hydrogen-bond acceptors (Lipinski definition) is 5. The van der Waals surface area contributed by atoms with Crippen molar-refractivity contribution in [1.82, 2.24) is 19.8 Å². The van der Waals surface area contributed by atoms with Crippen LogP contribution in [0.5, 0.6) is 11.5 Å². The number of halogens is 1. The molecule has 0 bridgehead atoms. The van der Waals surface area contributed by atoms with Gasteiger partial charge in [-0.1, -0.05) is 12.1 Å². The van der Waals surface area contributed by atoms with E-state index in [1.807, 2.05) is 18.2 Å². The summed E-state index contributed by atoms with van der Waals surface area (Å²) in [7, 11) is 3.16. The van der Waals surface area contributed by atoms with Crippen molar-refractivity contribution in [3.8, 4) is 17.2 Å². The number of benzene rings is 2. The molecule has 2 amide bonds. The summed E-state index contributed by atoms with van der Waals surface area (Å²) in [5, 5.41) is 2.83. The summed E-state index contributed by atoms with van der Waals surface area (Å²) in [5.41, 5.74) is 2.04. The summed E-state index contributed by atoms with van der Waals surface area (Å²) >= 11 is 0. The van der Waals surface area contributed by atoms with Crippen molar-refractivity contribution in [3.63, 3.8) is 0 Å². The minimum Gasteiger partial charge on any atom is -0.493 e. The Bertz CT molecular complexity index is 1170. The Labute approximate surface area is 197 Å². The molecular weight excluding hydrogens is 439 g/mol. The van der Waals surface area contributed by atoms with Crippen molar-refractivity contribution in [2.75, 3.05) is 27.3 Å². The van der Waals surface area contributed by atoms with Gasteiger partial charge in [0, 0.05) is 38.4 Å². The molecule has 1 aromatic heterocycles. The normalized spacial score (nSPS) is 15.4. The maximum atomic E-state index is 14.4. The largest absolute Gasteiger partial charge is 0.493 e. The van der Waals surface area contributed by atoms with Gasteiger partial charge in [0.2, 0.25) is 11.8 Å². The molecule has 8 nitrogen and oxygen atoms in total. The van der Waals surface area contributed by atoms with Crippen molar-refractivity contribution in [1.29, 1.82) is 0 Å². The Morgan fingerprint density at radius 3 is 2.65 bits per heavy atom. The van der Waals surface area contributed by atoms with E-state index in [-0.39, 0.29) is 24.8 Å². The lowest BCUT2D eigenvalue weighted by Gasteiger charge is -2.17. The van der Waals surface area contributed by atoms with Crippen molar-refractivity contribution in [2.24, 2.45) is 5.92 Å². The van der Waals surface area contributed by atoms with Crippen LogP contribution in [0.1, 0.15) is 17.5 Å². The summed E-state index contributed by atoms with van der Waals surface area (Å²) in [6, 6.07) is 10.5. The predicted octanol–water partition coefficient (Wildman–Crippen LogP) is 2.74. The molecule has 0 spiro atoms. The van der Waals surface area contributed by atoms with Gasteiger partial charge in [-0.25, -0.2) is 9.37 Å². The highest BCUT2D eigenvalue weighted by molar-refractivity contribution is 5.89. The molecule has 178 valence electrons. The molecular formula is C25H27FN4O4. The Morgan fingerprint density at radius 2 is 1.94 bits per heavy atom. The van der Waals surface area contributed by atoms with E-state index in [1.165, 1.54) is 12.4 Å². The third-order valence-electron chi connectivity index (χ3n) is 5.97. The monoisotopic (exact) mass is 466 g/mol. The van der Waals surface area contributed by atoms with Crippen molar-refractivity contribution in [2.45, 2.75) is 19.4 Å². The van der Waals surface area contributed by atoms with Gasteiger partial charge < -0.3 is 24.3 Å². The van der Waals surface area contributed by atoms with Crippen molar-refractivity contribution >= 4 is 11.8 Å². The van der Waals surface area contributed by atoms with E-state index in [9.17, 15) is 14.0 Å². The lowest BCUT2D eigenvalue weighted by Crippen LogP contribution is -2.33. The van der Waals surface area contributed by atoms with Crippen LogP contribution in [-0.2, 0) is 22.6 Å². The smallest absolute Gasteiger partial charge is 0.225 e. The van der Waals surface area contributed by atoms with E-state index in [4.69, 9.17) is 9.47 Å². The highest BCUT2D eigenvalue weighted by Crippen LogP contribution is 2.28. The van der Waals surface area contributed by atoms with Crippen LogP contribution in [0.15, 0.2) is 55.1 Å². The first-order chi connectivity index (χ1) is 16.5. The molecule has 3 aromatic rings. The van der Waals surface area contributed by atoms with Crippen LogP contribution in [0, 0.1) is 11.7 Å². The number of carbonyl (C=O) groups excluding carboxylic acids is 2. The third kappa shape index (κ3) is 5.19. The number of aromatic nitrogens is 2. The number of methoxy groups -OCH3 is 2. The molecule has 1 atom stereocenters. The van der Waals surface area contributed by atoms with Crippen LogP contribution in [0.25, 0.3) is 5.69 Å². The van der Waals surface area contributed by atoms with E-state index in [2.05, 4.69) is 10.3 Å². The number of rotatable bonds is 9. The molecule has 1 unspecified atom stereocenters.